The van der Waals surface area contributed by atoms with Crippen LogP contribution in [0, 0.1) is 5.92 Å². The summed E-state index contributed by atoms with van der Waals surface area (Å²) in [7, 11) is 0. The van der Waals surface area contributed by atoms with Crippen molar-refractivity contribution in [2.45, 2.75) is 13.8 Å². The Bertz CT molecular complexity index is 68.6. The normalized spacial score (nSPS) is 13.5. The van der Waals surface area contributed by atoms with E-state index < -0.39 is 0 Å². The van der Waals surface area contributed by atoms with Crippen LogP contribution in [0.3, 0.4) is 0 Å². The maximum absolute atomic E-state index is 8.59. The molecule has 3 heteroatoms. The van der Waals surface area contributed by atoms with E-state index in [4.69, 9.17) is 9.84 Å². The fourth-order valence-electron chi connectivity index (χ4n) is 0.487. The second-order valence-corrected chi connectivity index (χ2v) is 2.41. The number of hydrogen-bond donors (Lipinski definition) is 2. The Morgan fingerprint density at radius 1 is 1.60 bits per heavy atom. The fourth-order valence-corrected chi connectivity index (χ4v) is 0.487. The average molecular weight is 147 g/mol. The summed E-state index contributed by atoms with van der Waals surface area (Å²) in [5.41, 5.74) is 0. The van der Waals surface area contributed by atoms with Gasteiger partial charge in [0.15, 0.2) is 0 Å². The van der Waals surface area contributed by atoms with Gasteiger partial charge in [-0.05, 0) is 6.54 Å². The van der Waals surface area contributed by atoms with Gasteiger partial charge in [0.05, 0.1) is 13.3 Å². The molecule has 3 nitrogen and oxygen atoms in total. The first-order valence-corrected chi connectivity index (χ1v) is 3.70. The molecule has 2 N–H and O–H groups in total. The second-order valence-electron chi connectivity index (χ2n) is 2.41. The van der Waals surface area contributed by atoms with Crippen molar-refractivity contribution < 1.29 is 9.84 Å². The van der Waals surface area contributed by atoms with E-state index in [1.807, 2.05) is 13.8 Å². The minimum absolute atomic E-state index is 0.201. The lowest BCUT2D eigenvalue weighted by Crippen LogP contribution is -2.20. The van der Waals surface area contributed by atoms with Crippen molar-refractivity contribution >= 4 is 0 Å². The third kappa shape index (κ3) is 6.01. The summed E-state index contributed by atoms with van der Waals surface area (Å²) in [6, 6.07) is 0. The second kappa shape index (κ2) is 6.99. The van der Waals surface area contributed by atoms with E-state index in [1.165, 1.54) is 0 Å². The van der Waals surface area contributed by atoms with Crippen LogP contribution in [0.15, 0.2) is 0 Å². The lowest BCUT2D eigenvalue weighted by molar-refractivity contribution is 0.0694. The number of hydrogen-bond acceptors (Lipinski definition) is 3. The van der Waals surface area contributed by atoms with Gasteiger partial charge in [0, 0.05) is 12.5 Å². The van der Waals surface area contributed by atoms with Gasteiger partial charge >= 0.3 is 0 Å². The zero-order valence-corrected chi connectivity index (χ0v) is 6.76. The highest BCUT2D eigenvalue weighted by molar-refractivity contribution is 4.45. The molecule has 1 unspecified atom stereocenters. The minimum atomic E-state index is 0.201. The van der Waals surface area contributed by atoms with Crippen molar-refractivity contribution in [3.63, 3.8) is 0 Å². The molecule has 1 atom stereocenters. The van der Waals surface area contributed by atoms with Crippen molar-refractivity contribution in [3.8, 4) is 0 Å². The number of aliphatic hydroxyl groups excluding tert-OH is 1. The molecule has 0 saturated heterocycles. The summed E-state index contributed by atoms with van der Waals surface area (Å²) in [6.45, 7) is 6.31. The highest BCUT2D eigenvalue weighted by Gasteiger charge is 1.97. The Hall–Kier alpha value is -0.120. The Balaban J connectivity index is 2.89. The van der Waals surface area contributed by atoms with Gasteiger partial charge in [0.25, 0.3) is 0 Å². The van der Waals surface area contributed by atoms with E-state index in [9.17, 15) is 0 Å². The van der Waals surface area contributed by atoms with E-state index in [0.717, 1.165) is 6.54 Å². The molecule has 0 heterocycles. The van der Waals surface area contributed by atoms with Crippen LogP contribution in [0.1, 0.15) is 13.8 Å². The predicted octanol–water partition coefficient (Wildman–Crippen LogP) is 0.198. The zero-order chi connectivity index (χ0) is 7.82. The number of ether oxygens (including phenoxy) is 1. The molecule has 0 bridgehead atoms. The first-order valence-electron chi connectivity index (χ1n) is 3.70. The molecule has 0 aliphatic rings. The highest BCUT2D eigenvalue weighted by atomic mass is 16.5. The van der Waals surface area contributed by atoms with Crippen molar-refractivity contribution in [2.24, 2.45) is 5.92 Å². The standard InChI is InChI=1S/C7H17NO2/c1-3-8-6-10-5-7(2)4-9/h7-9H,3-6H2,1-2H3. The number of aliphatic hydroxyl groups is 1. The molecule has 0 spiro atoms. The molecule has 0 aromatic carbocycles. The van der Waals surface area contributed by atoms with Gasteiger partial charge in [0.1, 0.15) is 0 Å². The Kier molecular flexibility index (Phi) is 6.91. The summed E-state index contributed by atoms with van der Waals surface area (Å²) >= 11 is 0. The van der Waals surface area contributed by atoms with Gasteiger partial charge in [-0.25, -0.2) is 0 Å². The van der Waals surface area contributed by atoms with Crippen LogP contribution in [-0.4, -0.2) is 31.6 Å². The third-order valence-electron chi connectivity index (χ3n) is 1.17. The summed E-state index contributed by atoms with van der Waals surface area (Å²) in [5, 5.41) is 11.6. The quantitative estimate of drug-likeness (QED) is 0.416. The van der Waals surface area contributed by atoms with Crippen LogP contribution in [0.2, 0.25) is 0 Å². The van der Waals surface area contributed by atoms with Crippen molar-refractivity contribution in [2.75, 3.05) is 26.5 Å². The van der Waals surface area contributed by atoms with Crippen LogP contribution < -0.4 is 5.32 Å². The summed E-state index contributed by atoms with van der Waals surface area (Å²) in [6.07, 6.45) is 0. The molecule has 0 aromatic rings. The molecular weight excluding hydrogens is 130 g/mol. The van der Waals surface area contributed by atoms with Gasteiger partial charge in [-0.2, -0.15) is 0 Å². The number of nitrogens with one attached hydrogen (secondary N) is 1. The van der Waals surface area contributed by atoms with Crippen LogP contribution in [0.4, 0.5) is 0 Å². The first-order chi connectivity index (χ1) is 4.81. The van der Waals surface area contributed by atoms with Crippen LogP contribution >= 0.6 is 0 Å². The lowest BCUT2D eigenvalue weighted by Gasteiger charge is -2.08. The van der Waals surface area contributed by atoms with Gasteiger partial charge in [-0.3, -0.25) is 5.32 Å². The lowest BCUT2D eigenvalue weighted by atomic mass is 10.2. The molecule has 0 aliphatic carbocycles. The molecule has 0 saturated carbocycles. The largest absolute Gasteiger partial charge is 0.396 e. The van der Waals surface area contributed by atoms with Gasteiger partial charge in [-0.15, -0.1) is 0 Å². The zero-order valence-electron chi connectivity index (χ0n) is 6.76. The van der Waals surface area contributed by atoms with Crippen molar-refractivity contribution in [1.29, 1.82) is 0 Å². The first kappa shape index (κ1) is 9.88. The van der Waals surface area contributed by atoms with Gasteiger partial charge < -0.3 is 9.84 Å². The molecule has 0 rings (SSSR count). The van der Waals surface area contributed by atoms with Crippen molar-refractivity contribution in [1.82, 2.24) is 5.32 Å². The molecule has 10 heavy (non-hydrogen) atoms. The smallest absolute Gasteiger partial charge is 0.0965 e. The average Bonchev–Trinajstić information content (AvgIpc) is 1.98. The molecule has 0 radical (unpaired) electrons. The summed E-state index contributed by atoms with van der Waals surface area (Å²) in [5.74, 6) is 0.249. The third-order valence-corrected chi connectivity index (χ3v) is 1.17. The molecule has 62 valence electrons. The predicted molar refractivity (Wildman–Crippen MR) is 40.7 cm³/mol. The Labute approximate surface area is 62.4 Å². The number of rotatable bonds is 6. The maximum Gasteiger partial charge on any atom is 0.0965 e. The summed E-state index contributed by atoms with van der Waals surface area (Å²) < 4.78 is 5.16. The van der Waals surface area contributed by atoms with E-state index in [-0.39, 0.29) is 12.5 Å². The highest BCUT2D eigenvalue weighted by Crippen LogP contribution is 1.91. The van der Waals surface area contributed by atoms with Crippen LogP contribution in [-0.2, 0) is 4.74 Å². The Morgan fingerprint density at radius 3 is 2.80 bits per heavy atom. The van der Waals surface area contributed by atoms with Crippen LogP contribution in [0.25, 0.3) is 0 Å². The van der Waals surface area contributed by atoms with Crippen molar-refractivity contribution in [3.05, 3.63) is 0 Å². The van der Waals surface area contributed by atoms with E-state index in [0.29, 0.717) is 13.3 Å². The maximum atomic E-state index is 8.59. The minimum Gasteiger partial charge on any atom is -0.396 e. The molecule has 0 aromatic heterocycles. The van der Waals surface area contributed by atoms with Gasteiger partial charge in [-0.1, -0.05) is 13.8 Å². The molecular formula is C7H17NO2. The Morgan fingerprint density at radius 2 is 2.30 bits per heavy atom. The molecule has 0 amide bonds. The monoisotopic (exact) mass is 147 g/mol. The van der Waals surface area contributed by atoms with E-state index in [1.54, 1.807) is 0 Å². The SMILES string of the molecule is CCNCOCC(C)CO. The fraction of sp³-hybridized carbons (Fsp3) is 1.00. The molecule has 0 fully saturated rings. The molecule has 0 aliphatic heterocycles. The van der Waals surface area contributed by atoms with E-state index >= 15 is 0 Å². The topological polar surface area (TPSA) is 41.5 Å². The summed E-state index contributed by atoms with van der Waals surface area (Å²) in [4.78, 5) is 0. The van der Waals surface area contributed by atoms with E-state index in [2.05, 4.69) is 5.32 Å². The van der Waals surface area contributed by atoms with Crippen LogP contribution in [0.5, 0.6) is 0 Å². The van der Waals surface area contributed by atoms with Gasteiger partial charge in [0.2, 0.25) is 0 Å².